The minimum absolute atomic E-state index is 0.0177. The van der Waals surface area contributed by atoms with Gasteiger partial charge in [-0.25, -0.2) is 4.68 Å². The first-order valence-corrected chi connectivity index (χ1v) is 10.3. The number of nitrogens with zero attached hydrogens (tertiary/aromatic N) is 3. The van der Waals surface area contributed by atoms with Gasteiger partial charge in [-0.05, 0) is 49.7 Å². The molecule has 0 saturated carbocycles. The number of aliphatic imine (C=N–C) groups is 1. The van der Waals surface area contributed by atoms with Gasteiger partial charge in [-0.1, -0.05) is 24.3 Å². The third kappa shape index (κ3) is 6.08. The van der Waals surface area contributed by atoms with Gasteiger partial charge in [0.05, 0.1) is 23.8 Å². The van der Waals surface area contributed by atoms with E-state index in [0.29, 0.717) is 19.0 Å². The highest BCUT2D eigenvalue weighted by Crippen LogP contribution is 2.17. The highest BCUT2D eigenvalue weighted by molar-refractivity contribution is 5.96. The second-order valence-electron chi connectivity index (χ2n) is 6.95. The van der Waals surface area contributed by atoms with Gasteiger partial charge in [0.25, 0.3) is 5.91 Å². The molecule has 1 unspecified atom stereocenters. The van der Waals surface area contributed by atoms with Crippen molar-refractivity contribution >= 4 is 11.9 Å². The number of amides is 1. The van der Waals surface area contributed by atoms with Crippen LogP contribution >= 0.6 is 0 Å². The number of para-hydroxylation sites is 1. The summed E-state index contributed by atoms with van der Waals surface area (Å²) in [5, 5.41) is 23.4. The number of rotatable bonds is 8. The molecule has 0 fully saturated rings. The molecule has 0 bridgehead atoms. The van der Waals surface area contributed by atoms with Crippen molar-refractivity contribution in [2.24, 2.45) is 4.99 Å². The molecule has 0 aliphatic rings. The standard InChI is InChI=1S/C23H28N6O2/c1-3-24-23(26-14-13-25-22(31)20-10-4-5-11-21(20)30)28-17(2)18-8-6-9-19(16-18)29-15-7-12-27-29/h4-12,15-17,30H,3,13-14H2,1-2H3,(H,25,31)(H2,24,26,28). The lowest BCUT2D eigenvalue weighted by atomic mass is 10.1. The number of carbonyl (C=O) groups is 1. The normalized spacial score (nSPS) is 12.3. The number of phenols is 1. The summed E-state index contributed by atoms with van der Waals surface area (Å²) >= 11 is 0. The van der Waals surface area contributed by atoms with Crippen LogP contribution in [0.1, 0.15) is 35.8 Å². The lowest BCUT2D eigenvalue weighted by Gasteiger charge is -2.19. The molecule has 0 aliphatic heterocycles. The van der Waals surface area contributed by atoms with Gasteiger partial charge in [0.15, 0.2) is 5.96 Å². The van der Waals surface area contributed by atoms with Crippen molar-refractivity contribution in [1.82, 2.24) is 25.7 Å². The smallest absolute Gasteiger partial charge is 0.255 e. The molecule has 0 radical (unpaired) electrons. The van der Waals surface area contributed by atoms with Crippen molar-refractivity contribution in [3.8, 4) is 11.4 Å². The fourth-order valence-electron chi connectivity index (χ4n) is 3.06. The quantitative estimate of drug-likeness (QED) is 0.255. The molecule has 3 rings (SSSR count). The third-order valence-electron chi connectivity index (χ3n) is 4.65. The average Bonchev–Trinajstić information content (AvgIpc) is 3.32. The summed E-state index contributed by atoms with van der Waals surface area (Å²) < 4.78 is 1.82. The Morgan fingerprint density at radius 3 is 2.74 bits per heavy atom. The second kappa shape index (κ2) is 10.8. The van der Waals surface area contributed by atoms with Gasteiger partial charge in [-0.3, -0.25) is 9.79 Å². The molecule has 8 heteroatoms. The number of nitrogens with one attached hydrogen (secondary N) is 3. The molecule has 162 valence electrons. The van der Waals surface area contributed by atoms with Crippen LogP contribution in [-0.4, -0.2) is 46.4 Å². The van der Waals surface area contributed by atoms with E-state index in [1.54, 1.807) is 24.4 Å². The largest absolute Gasteiger partial charge is 0.507 e. The van der Waals surface area contributed by atoms with E-state index >= 15 is 0 Å². The van der Waals surface area contributed by atoms with Gasteiger partial charge >= 0.3 is 0 Å². The fraction of sp³-hybridized carbons (Fsp3) is 0.261. The van der Waals surface area contributed by atoms with Crippen LogP contribution in [0.2, 0.25) is 0 Å². The number of benzene rings is 2. The van der Waals surface area contributed by atoms with Crippen molar-refractivity contribution in [3.63, 3.8) is 0 Å². The number of hydrogen-bond acceptors (Lipinski definition) is 4. The first-order valence-electron chi connectivity index (χ1n) is 10.3. The van der Waals surface area contributed by atoms with Gasteiger partial charge < -0.3 is 21.1 Å². The van der Waals surface area contributed by atoms with Gasteiger partial charge in [-0.15, -0.1) is 0 Å². The number of carbonyl (C=O) groups excluding carboxylic acids is 1. The molecule has 0 aliphatic carbocycles. The lowest BCUT2D eigenvalue weighted by Crippen LogP contribution is -2.39. The van der Waals surface area contributed by atoms with E-state index in [4.69, 9.17) is 0 Å². The van der Waals surface area contributed by atoms with Crippen molar-refractivity contribution < 1.29 is 9.90 Å². The van der Waals surface area contributed by atoms with Crippen LogP contribution in [0.4, 0.5) is 0 Å². The maximum atomic E-state index is 12.2. The van der Waals surface area contributed by atoms with E-state index in [1.165, 1.54) is 6.07 Å². The Bertz CT molecular complexity index is 1020. The highest BCUT2D eigenvalue weighted by atomic mass is 16.3. The molecule has 8 nitrogen and oxygen atoms in total. The summed E-state index contributed by atoms with van der Waals surface area (Å²) in [6.45, 7) is 5.53. The van der Waals surface area contributed by atoms with E-state index < -0.39 is 0 Å². The zero-order chi connectivity index (χ0) is 22.1. The Balaban J connectivity index is 1.57. The number of aromatic nitrogens is 2. The predicted octanol–water partition coefficient (Wildman–Crippen LogP) is 2.62. The summed E-state index contributed by atoms with van der Waals surface area (Å²) in [7, 11) is 0. The third-order valence-corrected chi connectivity index (χ3v) is 4.65. The Morgan fingerprint density at radius 1 is 1.16 bits per heavy atom. The van der Waals surface area contributed by atoms with Crippen LogP contribution in [0, 0.1) is 0 Å². The average molecular weight is 421 g/mol. The van der Waals surface area contributed by atoms with Crippen molar-refractivity contribution in [1.29, 1.82) is 0 Å². The first-order chi connectivity index (χ1) is 15.1. The Hall–Kier alpha value is -3.81. The Labute approximate surface area is 182 Å². The zero-order valence-corrected chi connectivity index (χ0v) is 17.7. The molecule has 2 aromatic carbocycles. The van der Waals surface area contributed by atoms with Crippen LogP contribution in [0.5, 0.6) is 5.75 Å². The molecule has 1 heterocycles. The number of aromatic hydroxyl groups is 1. The van der Waals surface area contributed by atoms with Crippen LogP contribution < -0.4 is 16.0 Å². The molecule has 31 heavy (non-hydrogen) atoms. The van der Waals surface area contributed by atoms with Crippen LogP contribution in [0.3, 0.4) is 0 Å². The maximum Gasteiger partial charge on any atom is 0.255 e. The van der Waals surface area contributed by atoms with Crippen molar-refractivity contribution in [3.05, 3.63) is 78.1 Å². The van der Waals surface area contributed by atoms with Crippen LogP contribution in [-0.2, 0) is 0 Å². The minimum atomic E-state index is -0.324. The van der Waals surface area contributed by atoms with E-state index in [1.807, 2.05) is 36.0 Å². The van der Waals surface area contributed by atoms with Gasteiger partial charge in [0.1, 0.15) is 5.75 Å². The van der Waals surface area contributed by atoms with Gasteiger partial charge in [-0.2, -0.15) is 5.10 Å². The minimum Gasteiger partial charge on any atom is -0.507 e. The first kappa shape index (κ1) is 21.9. The molecule has 0 saturated heterocycles. The van der Waals surface area contributed by atoms with E-state index in [0.717, 1.165) is 17.8 Å². The fourth-order valence-corrected chi connectivity index (χ4v) is 3.06. The lowest BCUT2D eigenvalue weighted by molar-refractivity contribution is 0.0952. The molecule has 1 aromatic heterocycles. The maximum absolute atomic E-state index is 12.2. The highest BCUT2D eigenvalue weighted by Gasteiger charge is 2.11. The molecular formula is C23H28N6O2. The molecule has 1 amide bonds. The zero-order valence-electron chi connectivity index (χ0n) is 17.7. The number of guanidine groups is 1. The molecule has 3 aromatic rings. The van der Waals surface area contributed by atoms with E-state index in [-0.39, 0.29) is 23.3 Å². The topological polar surface area (TPSA) is 104 Å². The van der Waals surface area contributed by atoms with Gasteiger partial charge in [0, 0.05) is 25.5 Å². The molecule has 4 N–H and O–H groups in total. The summed E-state index contributed by atoms with van der Waals surface area (Å²) in [5.74, 6) is 0.302. The number of hydrogen-bond donors (Lipinski definition) is 4. The van der Waals surface area contributed by atoms with Crippen LogP contribution in [0.25, 0.3) is 5.69 Å². The monoisotopic (exact) mass is 420 g/mol. The summed E-state index contributed by atoms with van der Waals surface area (Å²) in [6, 6.07) is 16.5. The Kier molecular flexibility index (Phi) is 7.64. The second-order valence-corrected chi connectivity index (χ2v) is 6.95. The molecule has 0 spiro atoms. The van der Waals surface area contributed by atoms with Crippen molar-refractivity contribution in [2.45, 2.75) is 19.9 Å². The van der Waals surface area contributed by atoms with Crippen LogP contribution in [0.15, 0.2) is 72.0 Å². The predicted molar refractivity (Wildman–Crippen MR) is 122 cm³/mol. The Morgan fingerprint density at radius 2 is 2.00 bits per heavy atom. The summed E-state index contributed by atoms with van der Waals surface area (Å²) in [6.07, 6.45) is 3.66. The molecular weight excluding hydrogens is 392 g/mol. The molecule has 1 atom stereocenters. The summed E-state index contributed by atoms with van der Waals surface area (Å²) in [4.78, 5) is 16.7. The number of phenolic OH excluding ortho intramolecular Hbond substituents is 1. The van der Waals surface area contributed by atoms with Gasteiger partial charge in [0.2, 0.25) is 0 Å². The summed E-state index contributed by atoms with van der Waals surface area (Å²) in [5.41, 5.74) is 2.35. The van der Waals surface area contributed by atoms with E-state index in [2.05, 4.69) is 45.1 Å². The van der Waals surface area contributed by atoms with Crippen molar-refractivity contribution in [2.75, 3.05) is 19.6 Å². The SMILES string of the molecule is CCNC(=NCCNC(=O)c1ccccc1O)NC(C)c1cccc(-n2cccn2)c1. The van der Waals surface area contributed by atoms with E-state index in [9.17, 15) is 9.90 Å².